The summed E-state index contributed by atoms with van der Waals surface area (Å²) < 4.78 is 6.17. The number of anilines is 1. The standard InChI is InChI=1S/C14H17N3O2S/c1-19-13-8-7-12(15)9-14(13)20-17(18)16-10-11-5-3-2-4-6-11/h2-9,16,18H,10,15H2,1H3. The first-order valence-electron chi connectivity index (χ1n) is 6.07. The predicted molar refractivity (Wildman–Crippen MR) is 80.2 cm³/mol. The summed E-state index contributed by atoms with van der Waals surface area (Å²) in [5, 5.41) is 9.86. The molecule has 0 aliphatic heterocycles. The van der Waals surface area contributed by atoms with Gasteiger partial charge in [0.25, 0.3) is 0 Å². The van der Waals surface area contributed by atoms with Gasteiger partial charge in [-0.25, -0.2) is 5.43 Å². The maximum atomic E-state index is 9.86. The van der Waals surface area contributed by atoms with Crippen molar-refractivity contribution in [3.05, 3.63) is 54.1 Å². The predicted octanol–water partition coefficient (Wildman–Crippen LogP) is 2.68. The van der Waals surface area contributed by atoms with Gasteiger partial charge in [-0.1, -0.05) is 34.9 Å². The fourth-order valence-corrected chi connectivity index (χ4v) is 2.39. The Hall–Kier alpha value is -1.73. The second-order valence-corrected chi connectivity index (χ2v) is 5.06. The second kappa shape index (κ2) is 7.16. The van der Waals surface area contributed by atoms with Crippen molar-refractivity contribution < 1.29 is 9.94 Å². The van der Waals surface area contributed by atoms with Crippen LogP contribution in [-0.2, 0) is 6.54 Å². The summed E-state index contributed by atoms with van der Waals surface area (Å²) in [6, 6.07) is 15.1. The van der Waals surface area contributed by atoms with Crippen LogP contribution in [-0.4, -0.2) is 16.9 Å². The van der Waals surface area contributed by atoms with Crippen molar-refractivity contribution in [2.75, 3.05) is 12.8 Å². The third kappa shape index (κ3) is 4.14. The molecule has 0 amide bonds. The number of methoxy groups -OCH3 is 1. The van der Waals surface area contributed by atoms with E-state index in [1.807, 2.05) is 30.3 Å². The van der Waals surface area contributed by atoms with E-state index < -0.39 is 0 Å². The van der Waals surface area contributed by atoms with Gasteiger partial charge in [0, 0.05) is 24.2 Å². The minimum Gasteiger partial charge on any atom is -0.496 e. The summed E-state index contributed by atoms with van der Waals surface area (Å²) in [5.74, 6) is 0.657. The third-order valence-corrected chi connectivity index (χ3v) is 3.45. The van der Waals surface area contributed by atoms with Crippen LogP contribution in [0.3, 0.4) is 0 Å². The lowest BCUT2D eigenvalue weighted by atomic mass is 10.2. The van der Waals surface area contributed by atoms with E-state index in [4.69, 9.17) is 10.5 Å². The topological polar surface area (TPSA) is 70.8 Å². The van der Waals surface area contributed by atoms with Gasteiger partial charge in [0.2, 0.25) is 0 Å². The number of benzene rings is 2. The lowest BCUT2D eigenvalue weighted by Gasteiger charge is -2.16. The first-order valence-corrected chi connectivity index (χ1v) is 6.84. The number of hydrogen-bond acceptors (Lipinski definition) is 6. The molecule has 106 valence electrons. The van der Waals surface area contributed by atoms with E-state index in [2.05, 4.69) is 5.43 Å². The highest BCUT2D eigenvalue weighted by Crippen LogP contribution is 2.31. The van der Waals surface area contributed by atoms with Gasteiger partial charge >= 0.3 is 0 Å². The Labute approximate surface area is 122 Å². The SMILES string of the molecule is COc1ccc(N)cc1SN(O)NCc1ccccc1. The van der Waals surface area contributed by atoms with Gasteiger partial charge in [-0.3, -0.25) is 5.21 Å². The molecule has 0 aliphatic rings. The number of nitrogen functional groups attached to an aromatic ring is 1. The summed E-state index contributed by atoms with van der Waals surface area (Å²) in [5.41, 5.74) is 10.3. The van der Waals surface area contributed by atoms with Gasteiger partial charge < -0.3 is 10.5 Å². The monoisotopic (exact) mass is 291 g/mol. The Kier molecular flexibility index (Phi) is 5.25. The first kappa shape index (κ1) is 14.7. The minimum absolute atomic E-state index is 0.523. The molecule has 0 radical (unpaired) electrons. The minimum atomic E-state index is 0.523. The highest BCUT2D eigenvalue weighted by Gasteiger charge is 2.09. The van der Waals surface area contributed by atoms with Crippen molar-refractivity contribution in [3.63, 3.8) is 0 Å². The number of hydrogen-bond donors (Lipinski definition) is 3. The van der Waals surface area contributed by atoms with Crippen LogP contribution in [0, 0.1) is 0 Å². The molecule has 0 unspecified atom stereocenters. The third-order valence-electron chi connectivity index (χ3n) is 2.63. The van der Waals surface area contributed by atoms with Gasteiger partial charge in [0.1, 0.15) is 5.75 Å². The Bertz CT molecular complexity index is 551. The second-order valence-electron chi connectivity index (χ2n) is 4.10. The molecule has 4 N–H and O–H groups in total. The van der Waals surface area contributed by atoms with Crippen LogP contribution >= 0.6 is 11.9 Å². The molecule has 0 bridgehead atoms. The summed E-state index contributed by atoms with van der Waals surface area (Å²) in [7, 11) is 1.58. The fourth-order valence-electron chi connectivity index (χ4n) is 1.64. The molecular weight excluding hydrogens is 274 g/mol. The molecule has 0 heterocycles. The molecule has 5 nitrogen and oxygen atoms in total. The van der Waals surface area contributed by atoms with Gasteiger partial charge in [-0.05, 0) is 23.8 Å². The van der Waals surface area contributed by atoms with E-state index >= 15 is 0 Å². The molecule has 0 aliphatic carbocycles. The van der Waals surface area contributed by atoms with Crippen LogP contribution in [0.15, 0.2) is 53.4 Å². The number of rotatable bonds is 6. The van der Waals surface area contributed by atoms with Crippen molar-refractivity contribution in [1.29, 1.82) is 0 Å². The Morgan fingerprint density at radius 1 is 1.25 bits per heavy atom. The molecule has 6 heteroatoms. The molecule has 0 atom stereocenters. The molecule has 2 aromatic carbocycles. The molecule has 0 spiro atoms. The maximum Gasteiger partial charge on any atom is 0.134 e. The molecule has 0 saturated heterocycles. The molecule has 0 aromatic heterocycles. The highest BCUT2D eigenvalue weighted by atomic mass is 32.2. The normalized spacial score (nSPS) is 10.8. The smallest absolute Gasteiger partial charge is 0.134 e. The van der Waals surface area contributed by atoms with Crippen molar-refractivity contribution >= 4 is 17.6 Å². The van der Waals surface area contributed by atoms with Crippen molar-refractivity contribution in [3.8, 4) is 5.75 Å². The summed E-state index contributed by atoms with van der Waals surface area (Å²) in [6.45, 7) is 0.523. The molecule has 2 aromatic rings. The van der Waals surface area contributed by atoms with Crippen LogP contribution in [0.2, 0.25) is 0 Å². The Morgan fingerprint density at radius 3 is 2.70 bits per heavy atom. The molecule has 0 saturated carbocycles. The van der Waals surface area contributed by atoms with E-state index in [1.54, 1.807) is 25.3 Å². The molecule has 20 heavy (non-hydrogen) atoms. The van der Waals surface area contributed by atoms with Gasteiger partial charge in [0.05, 0.1) is 12.0 Å². The Morgan fingerprint density at radius 2 is 2.00 bits per heavy atom. The summed E-state index contributed by atoms with van der Waals surface area (Å²) >= 11 is 1.10. The lowest BCUT2D eigenvalue weighted by Crippen LogP contribution is -2.28. The van der Waals surface area contributed by atoms with Crippen LogP contribution in [0.4, 0.5) is 5.69 Å². The van der Waals surface area contributed by atoms with Crippen LogP contribution in [0.5, 0.6) is 5.75 Å². The molecular formula is C14H17N3O2S. The number of nitrogens with two attached hydrogens (primary N) is 1. The van der Waals surface area contributed by atoms with Crippen molar-refractivity contribution in [2.45, 2.75) is 11.4 Å². The zero-order valence-corrected chi connectivity index (χ0v) is 11.9. The van der Waals surface area contributed by atoms with Crippen molar-refractivity contribution in [2.24, 2.45) is 0 Å². The van der Waals surface area contributed by atoms with Gasteiger partial charge in [0.15, 0.2) is 0 Å². The van der Waals surface area contributed by atoms with Crippen LogP contribution in [0.1, 0.15) is 5.56 Å². The first-order chi connectivity index (χ1) is 9.69. The average molecular weight is 291 g/mol. The highest BCUT2D eigenvalue weighted by molar-refractivity contribution is 7.97. The lowest BCUT2D eigenvalue weighted by molar-refractivity contribution is -0.0343. The quantitative estimate of drug-likeness (QED) is 0.432. The average Bonchev–Trinajstić information content (AvgIpc) is 2.46. The summed E-state index contributed by atoms with van der Waals surface area (Å²) in [6.07, 6.45) is 0. The van der Waals surface area contributed by atoms with Gasteiger partial charge in [-0.2, -0.15) is 0 Å². The van der Waals surface area contributed by atoms with E-state index in [0.29, 0.717) is 18.0 Å². The zero-order chi connectivity index (χ0) is 14.4. The largest absolute Gasteiger partial charge is 0.496 e. The number of nitrogens with one attached hydrogen (secondary N) is 1. The van der Waals surface area contributed by atoms with Crippen molar-refractivity contribution in [1.82, 2.24) is 10.0 Å². The van der Waals surface area contributed by atoms with E-state index in [-0.39, 0.29) is 0 Å². The van der Waals surface area contributed by atoms with E-state index in [9.17, 15) is 5.21 Å². The fraction of sp³-hybridized carbons (Fsp3) is 0.143. The number of ether oxygens (including phenoxy) is 1. The number of hydrazine groups is 1. The maximum absolute atomic E-state index is 9.86. The van der Waals surface area contributed by atoms with Crippen LogP contribution in [0.25, 0.3) is 0 Å². The number of nitrogens with zero attached hydrogens (tertiary/aromatic N) is 1. The van der Waals surface area contributed by atoms with E-state index in [0.717, 1.165) is 27.0 Å². The summed E-state index contributed by atoms with van der Waals surface area (Å²) in [4.78, 5) is 0.732. The zero-order valence-electron chi connectivity index (χ0n) is 11.1. The van der Waals surface area contributed by atoms with Gasteiger partial charge in [-0.15, -0.1) is 0 Å². The van der Waals surface area contributed by atoms with Crippen LogP contribution < -0.4 is 15.9 Å². The molecule has 0 fully saturated rings. The Balaban J connectivity index is 1.94. The molecule has 2 rings (SSSR count). The van der Waals surface area contributed by atoms with E-state index in [1.165, 1.54) is 0 Å².